The molecular weight excluding hydrogens is 280 g/mol. The van der Waals surface area contributed by atoms with E-state index in [2.05, 4.69) is 50.0 Å². The Balaban J connectivity index is 1.71. The molecule has 4 rings (SSSR count). The average molecular weight is 308 g/mol. The second kappa shape index (κ2) is 5.22. The minimum Gasteiger partial charge on any atom is -0.384 e. The van der Waals surface area contributed by atoms with Crippen LogP contribution in [0.1, 0.15) is 57.9 Å². The van der Waals surface area contributed by atoms with Crippen LogP contribution < -0.4 is 5.73 Å². The number of allylic oxidation sites excluding steroid dienone is 4. The van der Waals surface area contributed by atoms with Crippen molar-refractivity contribution in [2.75, 3.05) is 5.73 Å². The van der Waals surface area contributed by atoms with E-state index in [4.69, 9.17) is 5.73 Å². The fraction of sp³-hybridized carbons (Fsp3) is 0.571. The smallest absolute Gasteiger partial charge is 0.123 e. The first-order valence-electron chi connectivity index (χ1n) is 9.06. The molecule has 0 amide bonds. The highest BCUT2D eigenvalue weighted by Crippen LogP contribution is 2.60. The van der Waals surface area contributed by atoms with Gasteiger partial charge in [0.25, 0.3) is 0 Å². The van der Waals surface area contributed by atoms with E-state index in [1.54, 1.807) is 5.57 Å². The second-order valence-corrected chi connectivity index (χ2v) is 8.52. The molecule has 122 valence electrons. The van der Waals surface area contributed by atoms with Crippen LogP contribution in [-0.2, 0) is 0 Å². The van der Waals surface area contributed by atoms with Crippen molar-refractivity contribution in [3.8, 4) is 0 Å². The van der Waals surface area contributed by atoms with Crippen LogP contribution in [0.15, 0.2) is 41.6 Å². The number of hydrogen-bond donors (Lipinski definition) is 1. The van der Waals surface area contributed by atoms with Gasteiger partial charge in [0.05, 0.1) is 0 Å². The molecule has 2 N–H and O–H groups in total. The average Bonchev–Trinajstić information content (AvgIpc) is 3.11. The fourth-order valence-electron chi connectivity index (χ4n) is 5.19. The molecule has 0 saturated heterocycles. The summed E-state index contributed by atoms with van der Waals surface area (Å²) in [5.74, 6) is 3.67. The maximum absolute atomic E-state index is 5.97. The predicted octanol–water partition coefficient (Wildman–Crippen LogP) is 5.10. The number of rotatable bonds is 2. The van der Waals surface area contributed by atoms with Gasteiger partial charge in [0.15, 0.2) is 0 Å². The number of nitrogens with zero attached hydrogens (tertiary/aromatic N) is 1. The molecule has 2 fully saturated rings. The molecule has 4 atom stereocenters. The molecule has 3 aliphatic rings. The third-order valence-corrected chi connectivity index (χ3v) is 6.79. The molecule has 2 heteroatoms. The van der Waals surface area contributed by atoms with Crippen molar-refractivity contribution >= 4 is 5.82 Å². The van der Waals surface area contributed by atoms with Crippen molar-refractivity contribution in [3.63, 3.8) is 0 Å². The van der Waals surface area contributed by atoms with Crippen LogP contribution in [0, 0.1) is 23.2 Å². The zero-order valence-electron chi connectivity index (χ0n) is 14.5. The Bertz CT molecular complexity index is 683. The molecule has 2 bridgehead atoms. The van der Waals surface area contributed by atoms with E-state index >= 15 is 0 Å². The molecular formula is C21H28N2. The Morgan fingerprint density at radius 3 is 2.61 bits per heavy atom. The summed E-state index contributed by atoms with van der Waals surface area (Å²) in [4.78, 5) is 4.19. The zero-order chi connectivity index (χ0) is 16.2. The van der Waals surface area contributed by atoms with Crippen molar-refractivity contribution in [1.82, 2.24) is 4.98 Å². The molecule has 0 radical (unpaired) electrons. The van der Waals surface area contributed by atoms with Gasteiger partial charge < -0.3 is 5.73 Å². The molecule has 23 heavy (non-hydrogen) atoms. The van der Waals surface area contributed by atoms with Gasteiger partial charge >= 0.3 is 0 Å². The lowest BCUT2D eigenvalue weighted by molar-refractivity contribution is 0.326. The second-order valence-electron chi connectivity index (χ2n) is 8.52. The topological polar surface area (TPSA) is 38.9 Å². The third kappa shape index (κ3) is 2.43. The van der Waals surface area contributed by atoms with Crippen LogP contribution in [0.3, 0.4) is 0 Å². The first-order valence-corrected chi connectivity index (χ1v) is 9.06. The molecule has 0 aliphatic heterocycles. The number of anilines is 1. The molecule has 1 aromatic rings. The van der Waals surface area contributed by atoms with Crippen LogP contribution in [0.25, 0.3) is 0 Å². The quantitative estimate of drug-likeness (QED) is 0.826. The summed E-state index contributed by atoms with van der Waals surface area (Å²) < 4.78 is 0. The van der Waals surface area contributed by atoms with Crippen LogP contribution in [0.4, 0.5) is 5.82 Å². The van der Waals surface area contributed by atoms with E-state index in [1.165, 1.54) is 36.8 Å². The van der Waals surface area contributed by atoms with E-state index < -0.39 is 0 Å². The Morgan fingerprint density at radius 2 is 1.91 bits per heavy atom. The summed E-state index contributed by atoms with van der Waals surface area (Å²) in [5.41, 5.74) is 10.8. The number of nitrogen functional groups attached to an aromatic ring is 1. The lowest BCUT2D eigenvalue weighted by Gasteiger charge is -2.36. The molecule has 2 saturated carbocycles. The van der Waals surface area contributed by atoms with E-state index in [-0.39, 0.29) is 0 Å². The Hall–Kier alpha value is -1.57. The van der Waals surface area contributed by atoms with Gasteiger partial charge in [-0.1, -0.05) is 31.6 Å². The summed E-state index contributed by atoms with van der Waals surface area (Å²) in [6.07, 6.45) is 12.2. The van der Waals surface area contributed by atoms with E-state index in [0.29, 0.717) is 23.1 Å². The van der Waals surface area contributed by atoms with E-state index in [9.17, 15) is 0 Å². The monoisotopic (exact) mass is 308 g/mol. The molecule has 3 aliphatic carbocycles. The summed E-state index contributed by atoms with van der Waals surface area (Å²) in [6.45, 7) is 7.02. The number of aromatic nitrogens is 1. The molecule has 0 aromatic carbocycles. The van der Waals surface area contributed by atoms with Crippen molar-refractivity contribution in [1.29, 1.82) is 0 Å². The van der Waals surface area contributed by atoms with Crippen molar-refractivity contribution in [2.24, 2.45) is 23.2 Å². The van der Waals surface area contributed by atoms with Gasteiger partial charge in [-0.25, -0.2) is 4.98 Å². The highest BCUT2D eigenvalue weighted by molar-refractivity contribution is 5.41. The van der Waals surface area contributed by atoms with Gasteiger partial charge in [-0.05, 0) is 85.0 Å². The molecule has 1 aromatic heterocycles. The molecule has 4 unspecified atom stereocenters. The maximum Gasteiger partial charge on any atom is 0.123 e. The Morgan fingerprint density at radius 1 is 1.17 bits per heavy atom. The number of hydrogen-bond acceptors (Lipinski definition) is 2. The van der Waals surface area contributed by atoms with Gasteiger partial charge in [0, 0.05) is 6.20 Å². The number of nitrogens with two attached hydrogens (primary N) is 1. The lowest BCUT2D eigenvalue weighted by Crippen LogP contribution is -2.25. The lowest BCUT2D eigenvalue weighted by atomic mass is 9.68. The summed E-state index contributed by atoms with van der Waals surface area (Å²) >= 11 is 0. The Labute approximate surface area is 139 Å². The summed E-state index contributed by atoms with van der Waals surface area (Å²) in [5, 5.41) is 0. The fourth-order valence-corrected chi connectivity index (χ4v) is 5.19. The normalized spacial score (nSPS) is 35.1. The van der Waals surface area contributed by atoms with E-state index in [0.717, 1.165) is 11.8 Å². The van der Waals surface area contributed by atoms with Crippen molar-refractivity contribution in [3.05, 3.63) is 47.2 Å². The van der Waals surface area contributed by atoms with Crippen LogP contribution in [0.5, 0.6) is 0 Å². The number of fused-ring (bicyclic) bond motifs is 2. The zero-order valence-corrected chi connectivity index (χ0v) is 14.5. The maximum atomic E-state index is 5.97. The minimum atomic E-state index is 0.317. The predicted molar refractivity (Wildman–Crippen MR) is 95.9 cm³/mol. The van der Waals surface area contributed by atoms with Crippen LogP contribution in [-0.4, -0.2) is 4.98 Å². The third-order valence-electron chi connectivity index (χ3n) is 6.79. The summed E-state index contributed by atoms with van der Waals surface area (Å²) in [7, 11) is 0. The van der Waals surface area contributed by atoms with Crippen molar-refractivity contribution < 1.29 is 0 Å². The highest BCUT2D eigenvalue weighted by Gasteiger charge is 2.49. The number of pyridine rings is 1. The van der Waals surface area contributed by atoms with Crippen molar-refractivity contribution in [2.45, 2.75) is 52.4 Å². The van der Waals surface area contributed by atoms with Gasteiger partial charge in [0.1, 0.15) is 5.82 Å². The van der Waals surface area contributed by atoms with Crippen LogP contribution in [0.2, 0.25) is 0 Å². The van der Waals surface area contributed by atoms with Crippen LogP contribution >= 0.6 is 0 Å². The molecule has 1 heterocycles. The van der Waals surface area contributed by atoms with Gasteiger partial charge in [-0.15, -0.1) is 0 Å². The SMILES string of the molecule is CC1=CC(C2C3CCC(C3)C2c2ccnc(N)c2)=CCC1(C)C. The van der Waals surface area contributed by atoms with Gasteiger partial charge in [-0.2, -0.15) is 0 Å². The highest BCUT2D eigenvalue weighted by atomic mass is 14.8. The first kappa shape index (κ1) is 15.0. The standard InChI is InChI=1S/C21H28N2/c1-13-10-16(6-8-21(13,2)3)19-14-4-5-15(11-14)20(19)17-7-9-23-18(22)12-17/h6-7,9-10,12,14-15,19-20H,4-5,8,11H2,1-3H3,(H2,22,23). The van der Waals surface area contributed by atoms with Gasteiger partial charge in [-0.3, -0.25) is 0 Å². The largest absolute Gasteiger partial charge is 0.384 e. The first-order chi connectivity index (χ1) is 11.0. The molecule has 0 spiro atoms. The Kier molecular flexibility index (Phi) is 3.40. The summed E-state index contributed by atoms with van der Waals surface area (Å²) in [6, 6.07) is 4.31. The van der Waals surface area contributed by atoms with E-state index in [1.807, 2.05) is 6.20 Å². The minimum absolute atomic E-state index is 0.317. The molecule has 2 nitrogen and oxygen atoms in total. The van der Waals surface area contributed by atoms with Gasteiger partial charge in [0.2, 0.25) is 0 Å².